The van der Waals surface area contributed by atoms with Gasteiger partial charge >= 0.3 is 0 Å². The summed E-state index contributed by atoms with van der Waals surface area (Å²) in [6.45, 7) is 4.19. The van der Waals surface area contributed by atoms with E-state index in [9.17, 15) is 4.79 Å². The maximum absolute atomic E-state index is 12.4. The Morgan fingerprint density at radius 2 is 1.92 bits per heavy atom. The molecule has 1 heterocycles. The van der Waals surface area contributed by atoms with Gasteiger partial charge in [0.15, 0.2) is 5.82 Å². The Bertz CT molecular complexity index is 841. The molecule has 6 nitrogen and oxygen atoms in total. The number of para-hydroxylation sites is 2. The molecule has 3 aromatic rings. The molecule has 0 spiro atoms. The van der Waals surface area contributed by atoms with Crippen molar-refractivity contribution in [1.29, 1.82) is 0 Å². The van der Waals surface area contributed by atoms with Crippen LogP contribution in [-0.2, 0) is 0 Å². The number of aryl methyl sites for hydroxylation is 1. The number of ether oxygens (including phenoxy) is 1. The van der Waals surface area contributed by atoms with Crippen LogP contribution in [0.25, 0.3) is 11.5 Å². The van der Waals surface area contributed by atoms with Crippen LogP contribution in [0.5, 0.6) is 5.75 Å². The van der Waals surface area contributed by atoms with Crippen LogP contribution in [-0.4, -0.2) is 22.7 Å². The summed E-state index contributed by atoms with van der Waals surface area (Å²) in [6.07, 6.45) is 0. The van der Waals surface area contributed by atoms with Crippen LogP contribution in [0, 0.1) is 6.92 Å². The summed E-state index contributed by atoms with van der Waals surface area (Å²) in [6, 6.07) is 14.3. The lowest BCUT2D eigenvalue weighted by molar-refractivity contribution is 0.102. The fraction of sp³-hybridized carbons (Fsp3) is 0.167. The topological polar surface area (TPSA) is 77.2 Å². The summed E-state index contributed by atoms with van der Waals surface area (Å²) in [5, 5.41) is 6.61. The van der Waals surface area contributed by atoms with Crippen molar-refractivity contribution < 1.29 is 14.1 Å². The van der Waals surface area contributed by atoms with Gasteiger partial charge in [-0.2, -0.15) is 4.98 Å². The smallest absolute Gasteiger partial charge is 0.257 e. The predicted octanol–water partition coefficient (Wildman–Crippen LogP) is 3.70. The van der Waals surface area contributed by atoms with Gasteiger partial charge in [-0.15, -0.1) is 0 Å². The summed E-state index contributed by atoms with van der Waals surface area (Å²) in [4.78, 5) is 16.6. The Balaban J connectivity index is 1.76. The SMILES string of the molecule is CCOc1ccccc1NC(=O)c1ccc(-c2nc(C)no2)cc1. The van der Waals surface area contributed by atoms with Gasteiger partial charge in [0, 0.05) is 11.1 Å². The number of hydrogen-bond acceptors (Lipinski definition) is 5. The third-order valence-corrected chi connectivity index (χ3v) is 3.36. The molecule has 6 heteroatoms. The van der Waals surface area contributed by atoms with Crippen molar-refractivity contribution in [2.45, 2.75) is 13.8 Å². The molecule has 0 unspecified atom stereocenters. The van der Waals surface area contributed by atoms with Gasteiger partial charge in [0.05, 0.1) is 12.3 Å². The average Bonchev–Trinajstić information content (AvgIpc) is 3.03. The quantitative estimate of drug-likeness (QED) is 0.774. The van der Waals surface area contributed by atoms with Gasteiger partial charge in [-0.1, -0.05) is 17.3 Å². The average molecular weight is 323 g/mol. The number of aromatic nitrogens is 2. The summed E-state index contributed by atoms with van der Waals surface area (Å²) in [5.74, 6) is 1.43. The maximum atomic E-state index is 12.4. The van der Waals surface area contributed by atoms with Crippen LogP contribution in [0.2, 0.25) is 0 Å². The number of carbonyl (C=O) groups excluding carboxylic acids is 1. The van der Waals surface area contributed by atoms with Crippen LogP contribution in [0.1, 0.15) is 23.1 Å². The van der Waals surface area contributed by atoms with Crippen molar-refractivity contribution >= 4 is 11.6 Å². The van der Waals surface area contributed by atoms with E-state index in [0.29, 0.717) is 35.3 Å². The molecule has 0 atom stereocenters. The summed E-state index contributed by atoms with van der Waals surface area (Å²) < 4.78 is 10.6. The maximum Gasteiger partial charge on any atom is 0.257 e. The lowest BCUT2D eigenvalue weighted by Crippen LogP contribution is -2.12. The van der Waals surface area contributed by atoms with Crippen LogP contribution >= 0.6 is 0 Å². The molecule has 2 aromatic carbocycles. The molecule has 0 aliphatic rings. The summed E-state index contributed by atoms with van der Waals surface area (Å²) >= 11 is 0. The molecule has 0 radical (unpaired) electrons. The molecule has 24 heavy (non-hydrogen) atoms. The Morgan fingerprint density at radius 1 is 1.17 bits per heavy atom. The van der Waals surface area contributed by atoms with Gasteiger partial charge in [-0.3, -0.25) is 4.79 Å². The van der Waals surface area contributed by atoms with E-state index < -0.39 is 0 Å². The van der Waals surface area contributed by atoms with E-state index in [1.807, 2.05) is 25.1 Å². The third-order valence-electron chi connectivity index (χ3n) is 3.36. The highest BCUT2D eigenvalue weighted by atomic mass is 16.5. The first-order valence-corrected chi connectivity index (χ1v) is 7.61. The monoisotopic (exact) mass is 323 g/mol. The summed E-state index contributed by atoms with van der Waals surface area (Å²) in [5.41, 5.74) is 1.93. The minimum atomic E-state index is -0.213. The van der Waals surface area contributed by atoms with E-state index in [2.05, 4.69) is 15.5 Å². The van der Waals surface area contributed by atoms with Gasteiger partial charge in [-0.05, 0) is 50.2 Å². The Labute approximate surface area is 139 Å². The van der Waals surface area contributed by atoms with Gasteiger partial charge in [-0.25, -0.2) is 0 Å². The second-order valence-electron chi connectivity index (χ2n) is 5.11. The van der Waals surface area contributed by atoms with E-state index >= 15 is 0 Å². The van der Waals surface area contributed by atoms with Crippen molar-refractivity contribution in [3.05, 3.63) is 59.9 Å². The Morgan fingerprint density at radius 3 is 2.58 bits per heavy atom. The fourth-order valence-electron chi connectivity index (χ4n) is 2.22. The molecule has 1 aromatic heterocycles. The molecule has 0 aliphatic carbocycles. The number of hydrogen-bond donors (Lipinski definition) is 1. The number of anilines is 1. The Kier molecular flexibility index (Phi) is 4.56. The standard InChI is InChI=1S/C18H17N3O3/c1-3-23-16-7-5-4-6-15(16)20-17(22)13-8-10-14(11-9-13)18-19-12(2)21-24-18/h4-11H,3H2,1-2H3,(H,20,22). The van der Waals surface area contributed by atoms with Crippen LogP contribution in [0.15, 0.2) is 53.1 Å². The van der Waals surface area contributed by atoms with Crippen LogP contribution < -0.4 is 10.1 Å². The molecule has 1 amide bonds. The molecule has 0 saturated carbocycles. The zero-order valence-corrected chi connectivity index (χ0v) is 13.4. The van der Waals surface area contributed by atoms with E-state index in [1.54, 1.807) is 37.3 Å². The van der Waals surface area contributed by atoms with Crippen LogP contribution in [0.3, 0.4) is 0 Å². The Hall–Kier alpha value is -3.15. The first kappa shape index (κ1) is 15.7. The number of rotatable bonds is 5. The molecule has 3 rings (SSSR count). The first-order chi connectivity index (χ1) is 11.7. The molecular weight excluding hydrogens is 306 g/mol. The van der Waals surface area contributed by atoms with Crippen molar-refractivity contribution in [3.63, 3.8) is 0 Å². The predicted molar refractivity (Wildman–Crippen MR) is 90.0 cm³/mol. The molecule has 0 fully saturated rings. The van der Waals surface area contributed by atoms with Gasteiger partial charge in [0.25, 0.3) is 11.8 Å². The van der Waals surface area contributed by atoms with Crippen molar-refractivity contribution in [2.24, 2.45) is 0 Å². The number of carbonyl (C=O) groups is 1. The van der Waals surface area contributed by atoms with E-state index in [0.717, 1.165) is 5.56 Å². The number of nitrogens with one attached hydrogen (secondary N) is 1. The summed E-state index contributed by atoms with van der Waals surface area (Å²) in [7, 11) is 0. The van der Waals surface area contributed by atoms with Crippen molar-refractivity contribution in [3.8, 4) is 17.2 Å². The van der Waals surface area contributed by atoms with Gasteiger partial charge < -0.3 is 14.6 Å². The largest absolute Gasteiger partial charge is 0.492 e. The highest BCUT2D eigenvalue weighted by molar-refractivity contribution is 6.05. The fourth-order valence-corrected chi connectivity index (χ4v) is 2.22. The number of nitrogens with zero attached hydrogens (tertiary/aromatic N) is 2. The number of amides is 1. The highest BCUT2D eigenvalue weighted by Crippen LogP contribution is 2.24. The first-order valence-electron chi connectivity index (χ1n) is 7.61. The number of benzene rings is 2. The van der Waals surface area contributed by atoms with Crippen molar-refractivity contribution in [2.75, 3.05) is 11.9 Å². The second kappa shape index (κ2) is 6.95. The lowest BCUT2D eigenvalue weighted by Gasteiger charge is -2.11. The zero-order valence-electron chi connectivity index (χ0n) is 13.4. The van der Waals surface area contributed by atoms with E-state index in [1.165, 1.54) is 0 Å². The normalized spacial score (nSPS) is 10.4. The molecule has 122 valence electrons. The van der Waals surface area contributed by atoms with E-state index in [4.69, 9.17) is 9.26 Å². The lowest BCUT2D eigenvalue weighted by atomic mass is 10.1. The molecule has 0 aliphatic heterocycles. The third kappa shape index (κ3) is 3.43. The minimum Gasteiger partial charge on any atom is -0.492 e. The second-order valence-corrected chi connectivity index (χ2v) is 5.11. The zero-order chi connectivity index (χ0) is 16.9. The molecule has 1 N–H and O–H groups in total. The van der Waals surface area contributed by atoms with Crippen LogP contribution in [0.4, 0.5) is 5.69 Å². The molecular formula is C18H17N3O3. The van der Waals surface area contributed by atoms with Gasteiger partial charge in [0.2, 0.25) is 0 Å². The highest BCUT2D eigenvalue weighted by Gasteiger charge is 2.11. The van der Waals surface area contributed by atoms with Crippen molar-refractivity contribution in [1.82, 2.24) is 10.1 Å². The van der Waals surface area contributed by atoms with Gasteiger partial charge in [0.1, 0.15) is 5.75 Å². The minimum absolute atomic E-state index is 0.213. The molecule has 0 saturated heterocycles. The van der Waals surface area contributed by atoms with E-state index in [-0.39, 0.29) is 5.91 Å². The molecule has 0 bridgehead atoms.